The predicted molar refractivity (Wildman–Crippen MR) is 90.2 cm³/mol. The second-order valence-electron chi connectivity index (χ2n) is 5.19. The molecule has 1 unspecified atom stereocenters. The molecule has 1 atom stereocenters. The van der Waals surface area contributed by atoms with Gasteiger partial charge in [-0.2, -0.15) is 0 Å². The fraction of sp³-hybridized carbons (Fsp3) is 0.294. The van der Waals surface area contributed by atoms with Crippen LogP contribution in [0.4, 0.5) is 5.69 Å². The van der Waals surface area contributed by atoms with E-state index in [2.05, 4.69) is 15.6 Å². The maximum Gasteiger partial charge on any atom is 0.270 e. The summed E-state index contributed by atoms with van der Waals surface area (Å²) in [6.07, 6.45) is 2.52. The van der Waals surface area contributed by atoms with Crippen LogP contribution in [0.3, 0.4) is 0 Å². The number of benzene rings is 1. The zero-order chi connectivity index (χ0) is 15.9. The summed E-state index contributed by atoms with van der Waals surface area (Å²) in [5.41, 5.74) is 2.40. The average molecular weight is 318 g/mol. The van der Waals surface area contributed by atoms with E-state index in [4.69, 9.17) is 11.6 Å². The Kier molecular flexibility index (Phi) is 5.78. The number of nitrogens with zero attached hydrogens (tertiary/aromatic N) is 1. The molecule has 0 radical (unpaired) electrons. The van der Waals surface area contributed by atoms with Gasteiger partial charge in [0.05, 0.1) is 0 Å². The maximum absolute atomic E-state index is 12.1. The fourth-order valence-electron chi connectivity index (χ4n) is 1.87. The quantitative estimate of drug-likeness (QED) is 0.850. The van der Waals surface area contributed by atoms with E-state index in [-0.39, 0.29) is 11.9 Å². The Morgan fingerprint density at radius 1 is 1.27 bits per heavy atom. The molecule has 1 aromatic carbocycles. The van der Waals surface area contributed by atoms with Crippen LogP contribution in [-0.4, -0.2) is 16.9 Å². The first kappa shape index (κ1) is 16.3. The molecule has 0 saturated carbocycles. The number of aromatic nitrogens is 1. The standard InChI is InChI=1S/C17H20ClN3O/c1-3-12(2)21-17(22)16-10-15(8-9-19-16)20-11-13-4-6-14(18)7-5-13/h4-10,12H,3,11H2,1-2H3,(H,19,20)(H,21,22). The normalized spacial score (nSPS) is 11.8. The minimum Gasteiger partial charge on any atom is -0.381 e. The van der Waals surface area contributed by atoms with Gasteiger partial charge in [0, 0.05) is 29.5 Å². The molecule has 22 heavy (non-hydrogen) atoms. The number of pyridine rings is 1. The van der Waals surface area contributed by atoms with Gasteiger partial charge in [0.2, 0.25) is 0 Å². The lowest BCUT2D eigenvalue weighted by atomic mass is 10.2. The topological polar surface area (TPSA) is 54.0 Å². The second-order valence-corrected chi connectivity index (χ2v) is 5.63. The highest BCUT2D eigenvalue weighted by Crippen LogP contribution is 2.13. The minimum atomic E-state index is -0.149. The molecule has 0 bridgehead atoms. The van der Waals surface area contributed by atoms with Crippen molar-refractivity contribution in [1.29, 1.82) is 0 Å². The smallest absolute Gasteiger partial charge is 0.270 e. The van der Waals surface area contributed by atoms with Gasteiger partial charge in [-0.25, -0.2) is 0 Å². The van der Waals surface area contributed by atoms with Crippen molar-refractivity contribution in [3.63, 3.8) is 0 Å². The Morgan fingerprint density at radius 2 is 2.00 bits per heavy atom. The molecule has 1 amide bonds. The molecular formula is C17H20ClN3O. The highest BCUT2D eigenvalue weighted by Gasteiger charge is 2.10. The summed E-state index contributed by atoms with van der Waals surface area (Å²) in [5, 5.41) is 6.91. The highest BCUT2D eigenvalue weighted by molar-refractivity contribution is 6.30. The van der Waals surface area contributed by atoms with E-state index in [0.29, 0.717) is 12.2 Å². The lowest BCUT2D eigenvalue weighted by Crippen LogP contribution is -2.32. The number of halogens is 1. The lowest BCUT2D eigenvalue weighted by Gasteiger charge is -2.12. The van der Waals surface area contributed by atoms with E-state index in [1.54, 1.807) is 12.3 Å². The van der Waals surface area contributed by atoms with Crippen molar-refractivity contribution >= 4 is 23.2 Å². The Bertz CT molecular complexity index is 628. The van der Waals surface area contributed by atoms with Crippen LogP contribution >= 0.6 is 11.6 Å². The van der Waals surface area contributed by atoms with E-state index < -0.39 is 0 Å². The van der Waals surface area contributed by atoms with Crippen LogP contribution in [0.1, 0.15) is 36.3 Å². The second kappa shape index (κ2) is 7.80. The van der Waals surface area contributed by atoms with Gasteiger partial charge < -0.3 is 10.6 Å². The van der Waals surface area contributed by atoms with Crippen LogP contribution in [0.15, 0.2) is 42.6 Å². The summed E-state index contributed by atoms with van der Waals surface area (Å²) in [5.74, 6) is -0.149. The van der Waals surface area contributed by atoms with Crippen LogP contribution in [0.5, 0.6) is 0 Å². The van der Waals surface area contributed by atoms with Crippen molar-refractivity contribution in [2.24, 2.45) is 0 Å². The van der Waals surface area contributed by atoms with Gasteiger partial charge in [0.1, 0.15) is 5.69 Å². The Balaban J connectivity index is 1.99. The molecule has 1 aromatic heterocycles. The number of hydrogen-bond acceptors (Lipinski definition) is 3. The van der Waals surface area contributed by atoms with Crippen LogP contribution in [0, 0.1) is 0 Å². The van der Waals surface area contributed by atoms with E-state index in [1.807, 2.05) is 44.2 Å². The van der Waals surface area contributed by atoms with E-state index in [0.717, 1.165) is 22.7 Å². The van der Waals surface area contributed by atoms with Crippen molar-refractivity contribution in [2.75, 3.05) is 5.32 Å². The molecule has 2 aromatic rings. The summed E-state index contributed by atoms with van der Waals surface area (Å²) < 4.78 is 0. The molecular weight excluding hydrogens is 298 g/mol. The Labute approximate surface area is 135 Å². The Hall–Kier alpha value is -2.07. The van der Waals surface area contributed by atoms with Gasteiger partial charge in [0.25, 0.3) is 5.91 Å². The third-order valence-corrected chi connectivity index (χ3v) is 3.64. The molecule has 0 aliphatic heterocycles. The SMILES string of the molecule is CCC(C)NC(=O)c1cc(NCc2ccc(Cl)cc2)ccn1. The summed E-state index contributed by atoms with van der Waals surface area (Å²) in [4.78, 5) is 16.2. The number of nitrogens with one attached hydrogen (secondary N) is 2. The molecule has 0 fully saturated rings. The zero-order valence-corrected chi connectivity index (χ0v) is 13.5. The number of carbonyl (C=O) groups is 1. The number of amides is 1. The molecule has 0 spiro atoms. The third-order valence-electron chi connectivity index (χ3n) is 3.39. The summed E-state index contributed by atoms with van der Waals surface area (Å²) in [6, 6.07) is 11.4. The van der Waals surface area contributed by atoms with Crippen molar-refractivity contribution in [3.05, 3.63) is 58.9 Å². The van der Waals surface area contributed by atoms with Gasteiger partial charge in [0.15, 0.2) is 0 Å². The lowest BCUT2D eigenvalue weighted by molar-refractivity contribution is 0.0934. The summed E-state index contributed by atoms with van der Waals surface area (Å²) >= 11 is 5.86. The average Bonchev–Trinajstić information content (AvgIpc) is 2.54. The summed E-state index contributed by atoms with van der Waals surface area (Å²) in [6.45, 7) is 4.66. The van der Waals surface area contributed by atoms with E-state index in [1.165, 1.54) is 0 Å². The molecule has 0 saturated heterocycles. The van der Waals surface area contributed by atoms with Gasteiger partial charge in [-0.15, -0.1) is 0 Å². The number of anilines is 1. The first-order valence-corrected chi connectivity index (χ1v) is 7.71. The van der Waals surface area contributed by atoms with Crippen LogP contribution in [0.25, 0.3) is 0 Å². The van der Waals surface area contributed by atoms with Gasteiger partial charge in [-0.1, -0.05) is 30.7 Å². The van der Waals surface area contributed by atoms with Crippen molar-refractivity contribution in [2.45, 2.75) is 32.9 Å². The molecule has 2 rings (SSSR count). The monoisotopic (exact) mass is 317 g/mol. The molecule has 116 valence electrons. The van der Waals surface area contributed by atoms with Gasteiger partial charge >= 0.3 is 0 Å². The summed E-state index contributed by atoms with van der Waals surface area (Å²) in [7, 11) is 0. The zero-order valence-electron chi connectivity index (χ0n) is 12.8. The molecule has 5 heteroatoms. The fourth-order valence-corrected chi connectivity index (χ4v) is 2.00. The number of carbonyl (C=O) groups excluding carboxylic acids is 1. The first-order valence-electron chi connectivity index (χ1n) is 7.33. The number of hydrogen-bond donors (Lipinski definition) is 2. The van der Waals surface area contributed by atoms with E-state index >= 15 is 0 Å². The van der Waals surface area contributed by atoms with Gasteiger partial charge in [-0.05, 0) is 43.2 Å². The first-order chi connectivity index (χ1) is 10.6. The predicted octanol–water partition coefficient (Wildman–Crippen LogP) is 3.88. The Morgan fingerprint density at radius 3 is 2.68 bits per heavy atom. The van der Waals surface area contributed by atoms with Crippen molar-refractivity contribution < 1.29 is 4.79 Å². The molecule has 1 heterocycles. The minimum absolute atomic E-state index is 0.139. The molecule has 0 aliphatic rings. The highest BCUT2D eigenvalue weighted by atomic mass is 35.5. The number of rotatable bonds is 6. The van der Waals surface area contributed by atoms with Crippen molar-refractivity contribution in [1.82, 2.24) is 10.3 Å². The third kappa shape index (κ3) is 4.74. The van der Waals surface area contributed by atoms with E-state index in [9.17, 15) is 4.79 Å². The molecule has 2 N–H and O–H groups in total. The van der Waals surface area contributed by atoms with Gasteiger partial charge in [-0.3, -0.25) is 9.78 Å². The molecule has 4 nitrogen and oxygen atoms in total. The van der Waals surface area contributed by atoms with Crippen LogP contribution in [0.2, 0.25) is 5.02 Å². The van der Waals surface area contributed by atoms with Crippen LogP contribution in [-0.2, 0) is 6.54 Å². The maximum atomic E-state index is 12.1. The van der Waals surface area contributed by atoms with Crippen LogP contribution < -0.4 is 10.6 Å². The molecule has 0 aliphatic carbocycles. The van der Waals surface area contributed by atoms with Crippen molar-refractivity contribution in [3.8, 4) is 0 Å². The largest absolute Gasteiger partial charge is 0.381 e.